The molecule has 4 rings (SSSR count). The van der Waals surface area contributed by atoms with Crippen LogP contribution in [0.4, 0.5) is 10.1 Å². The molecule has 5 nitrogen and oxygen atoms in total. The maximum Gasteiger partial charge on any atom is 0.229 e. The van der Waals surface area contributed by atoms with Crippen LogP contribution in [0.15, 0.2) is 36.7 Å². The number of likely N-dealkylation sites (tertiary alicyclic amines) is 1. The van der Waals surface area contributed by atoms with Gasteiger partial charge in [0.15, 0.2) is 0 Å². The predicted octanol–water partition coefficient (Wildman–Crippen LogP) is 1.94. The number of hydrogen-bond donors (Lipinski definition) is 0. The van der Waals surface area contributed by atoms with E-state index >= 15 is 0 Å². The number of benzene rings is 1. The zero-order chi connectivity index (χ0) is 16.0. The zero-order valence-corrected chi connectivity index (χ0v) is 13.0. The monoisotopic (exact) mass is 314 g/mol. The van der Waals surface area contributed by atoms with Gasteiger partial charge in [0, 0.05) is 38.8 Å². The number of aryl methyl sites for hydroxylation is 1. The number of nitrogens with zero attached hydrogens (tertiary/aromatic N) is 4. The Morgan fingerprint density at radius 1 is 1.26 bits per heavy atom. The molecule has 2 aliphatic rings. The number of amides is 1. The van der Waals surface area contributed by atoms with E-state index in [0.717, 1.165) is 30.8 Å². The largest absolute Gasteiger partial charge is 0.305 e. The van der Waals surface area contributed by atoms with Crippen LogP contribution < -0.4 is 4.90 Å². The number of halogens is 1. The molecule has 0 N–H and O–H groups in total. The Morgan fingerprint density at radius 3 is 2.74 bits per heavy atom. The highest BCUT2D eigenvalue weighted by Crippen LogP contribution is 2.36. The number of anilines is 1. The zero-order valence-electron chi connectivity index (χ0n) is 13.0. The lowest BCUT2D eigenvalue weighted by atomic mass is 10.1. The third kappa shape index (κ3) is 2.53. The normalized spacial score (nSPS) is 24.4. The van der Waals surface area contributed by atoms with Crippen molar-refractivity contribution in [1.82, 2.24) is 14.7 Å². The van der Waals surface area contributed by atoms with Gasteiger partial charge in [0.1, 0.15) is 5.82 Å². The van der Waals surface area contributed by atoms with E-state index in [2.05, 4.69) is 10.00 Å². The first-order valence-electron chi connectivity index (χ1n) is 7.91. The first kappa shape index (κ1) is 14.4. The average Bonchev–Trinajstić information content (AvgIpc) is 3.18. The fraction of sp³-hybridized carbons (Fsp3) is 0.412. The summed E-state index contributed by atoms with van der Waals surface area (Å²) in [5.41, 5.74) is 1.97. The van der Waals surface area contributed by atoms with Gasteiger partial charge in [0.05, 0.1) is 17.9 Å². The summed E-state index contributed by atoms with van der Waals surface area (Å²) in [6, 6.07) is 7.06. The van der Waals surface area contributed by atoms with Crippen LogP contribution in [0, 0.1) is 5.82 Å². The van der Waals surface area contributed by atoms with Gasteiger partial charge in [-0.1, -0.05) is 12.1 Å². The molecule has 2 atom stereocenters. The fourth-order valence-corrected chi connectivity index (χ4v) is 3.82. The van der Waals surface area contributed by atoms with Crippen molar-refractivity contribution < 1.29 is 9.18 Å². The molecule has 0 saturated carbocycles. The van der Waals surface area contributed by atoms with Gasteiger partial charge >= 0.3 is 0 Å². The molecule has 0 aliphatic carbocycles. The predicted molar refractivity (Wildman–Crippen MR) is 84.3 cm³/mol. The third-order valence-electron chi connectivity index (χ3n) is 4.88. The van der Waals surface area contributed by atoms with E-state index in [1.54, 1.807) is 10.9 Å². The quantitative estimate of drug-likeness (QED) is 0.869. The van der Waals surface area contributed by atoms with Crippen LogP contribution in [-0.4, -0.2) is 39.2 Å². The van der Waals surface area contributed by atoms with Crippen molar-refractivity contribution in [2.45, 2.75) is 31.5 Å². The lowest BCUT2D eigenvalue weighted by Gasteiger charge is -2.24. The average molecular weight is 314 g/mol. The second kappa shape index (κ2) is 5.45. The van der Waals surface area contributed by atoms with Gasteiger partial charge in [0.25, 0.3) is 0 Å². The van der Waals surface area contributed by atoms with Gasteiger partial charge < -0.3 is 4.90 Å². The molecule has 0 unspecified atom stereocenters. The van der Waals surface area contributed by atoms with Gasteiger partial charge in [-0.15, -0.1) is 0 Å². The summed E-state index contributed by atoms with van der Waals surface area (Å²) in [6.45, 7) is 1.71. The van der Waals surface area contributed by atoms with Crippen LogP contribution in [0.2, 0.25) is 0 Å². The molecular formula is C17H19FN4O. The summed E-state index contributed by atoms with van der Waals surface area (Å²) in [4.78, 5) is 16.7. The summed E-state index contributed by atoms with van der Waals surface area (Å²) >= 11 is 0. The first-order chi connectivity index (χ1) is 11.1. The van der Waals surface area contributed by atoms with Crippen LogP contribution >= 0.6 is 0 Å². The van der Waals surface area contributed by atoms with Gasteiger partial charge in [-0.2, -0.15) is 5.10 Å². The maximum absolute atomic E-state index is 13.0. The standard InChI is InChI=1S/C17H19FN4O/c1-20-11-14(9-19-20)22-15-6-7-21(16(15)8-17(22)23)10-12-2-4-13(18)5-3-12/h2-5,9,11,15-16H,6-8,10H2,1H3/t15-,16+/m1/s1. The maximum atomic E-state index is 13.0. The Balaban J connectivity index is 1.52. The summed E-state index contributed by atoms with van der Waals surface area (Å²) in [5.74, 6) is -0.0522. The second-order valence-corrected chi connectivity index (χ2v) is 6.36. The van der Waals surface area contributed by atoms with E-state index in [4.69, 9.17) is 0 Å². The van der Waals surface area contributed by atoms with Crippen molar-refractivity contribution in [1.29, 1.82) is 0 Å². The Hall–Kier alpha value is -2.21. The fourth-order valence-electron chi connectivity index (χ4n) is 3.82. The number of carbonyl (C=O) groups is 1. The first-order valence-corrected chi connectivity index (χ1v) is 7.91. The summed E-state index contributed by atoms with van der Waals surface area (Å²) < 4.78 is 14.8. The molecular weight excluding hydrogens is 295 g/mol. The van der Waals surface area contributed by atoms with Crippen molar-refractivity contribution in [3.8, 4) is 0 Å². The Kier molecular flexibility index (Phi) is 3.41. The molecule has 1 amide bonds. The van der Waals surface area contributed by atoms with Crippen LogP contribution in [-0.2, 0) is 18.4 Å². The lowest BCUT2D eigenvalue weighted by Crippen LogP contribution is -2.37. The minimum absolute atomic E-state index is 0.164. The van der Waals surface area contributed by atoms with Crippen LogP contribution in [0.3, 0.4) is 0 Å². The van der Waals surface area contributed by atoms with E-state index in [0.29, 0.717) is 6.42 Å². The van der Waals surface area contributed by atoms with Crippen LogP contribution in [0.25, 0.3) is 0 Å². The summed E-state index contributed by atoms with van der Waals surface area (Å²) in [6.07, 6.45) is 5.15. The SMILES string of the molecule is Cn1cc(N2C(=O)C[C@H]3[C@H]2CCN3Cc2ccc(F)cc2)cn1. The number of hydrogen-bond acceptors (Lipinski definition) is 3. The summed E-state index contributed by atoms with van der Waals surface area (Å²) in [7, 11) is 1.86. The molecule has 0 radical (unpaired) electrons. The van der Waals surface area contributed by atoms with Gasteiger partial charge in [-0.25, -0.2) is 4.39 Å². The van der Waals surface area contributed by atoms with Crippen molar-refractivity contribution in [3.63, 3.8) is 0 Å². The number of carbonyl (C=O) groups excluding carboxylic acids is 1. The van der Waals surface area contributed by atoms with Crippen LogP contribution in [0.5, 0.6) is 0 Å². The molecule has 1 aromatic heterocycles. The second-order valence-electron chi connectivity index (χ2n) is 6.36. The van der Waals surface area contributed by atoms with E-state index in [1.807, 2.05) is 30.3 Å². The van der Waals surface area contributed by atoms with Crippen LogP contribution in [0.1, 0.15) is 18.4 Å². The molecule has 2 aliphatic heterocycles. The Bertz CT molecular complexity index is 726. The molecule has 2 aromatic rings. The minimum atomic E-state index is -0.216. The van der Waals surface area contributed by atoms with E-state index in [9.17, 15) is 9.18 Å². The molecule has 6 heteroatoms. The highest BCUT2D eigenvalue weighted by atomic mass is 19.1. The van der Waals surface area contributed by atoms with Gasteiger partial charge in [0.2, 0.25) is 5.91 Å². The Morgan fingerprint density at radius 2 is 2.04 bits per heavy atom. The van der Waals surface area contributed by atoms with Gasteiger partial charge in [-0.3, -0.25) is 14.4 Å². The number of aromatic nitrogens is 2. The van der Waals surface area contributed by atoms with Crippen molar-refractivity contribution in [2.24, 2.45) is 7.05 Å². The lowest BCUT2D eigenvalue weighted by molar-refractivity contribution is -0.117. The summed E-state index contributed by atoms with van der Waals surface area (Å²) in [5, 5.41) is 4.18. The van der Waals surface area contributed by atoms with Crippen molar-refractivity contribution in [3.05, 3.63) is 48.0 Å². The molecule has 23 heavy (non-hydrogen) atoms. The van der Waals surface area contributed by atoms with Crippen molar-refractivity contribution >= 4 is 11.6 Å². The molecule has 2 saturated heterocycles. The smallest absolute Gasteiger partial charge is 0.229 e. The van der Waals surface area contributed by atoms with E-state index in [1.165, 1.54) is 12.1 Å². The molecule has 120 valence electrons. The molecule has 1 aromatic carbocycles. The number of fused-ring (bicyclic) bond motifs is 1. The van der Waals surface area contributed by atoms with Crippen molar-refractivity contribution in [2.75, 3.05) is 11.4 Å². The van der Waals surface area contributed by atoms with E-state index < -0.39 is 0 Å². The molecule has 2 fully saturated rings. The highest BCUT2D eigenvalue weighted by Gasteiger charge is 2.47. The molecule has 3 heterocycles. The topological polar surface area (TPSA) is 41.4 Å². The van der Waals surface area contributed by atoms with E-state index in [-0.39, 0.29) is 23.8 Å². The Labute approximate surface area is 134 Å². The third-order valence-corrected chi connectivity index (χ3v) is 4.88. The van der Waals surface area contributed by atoms with Gasteiger partial charge in [-0.05, 0) is 24.1 Å². The molecule has 0 spiro atoms. The number of rotatable bonds is 3. The molecule has 0 bridgehead atoms. The minimum Gasteiger partial charge on any atom is -0.305 e. The highest BCUT2D eigenvalue weighted by molar-refractivity contribution is 5.97.